The highest BCUT2D eigenvalue weighted by Gasteiger charge is 2.08. The first-order valence-electron chi connectivity index (χ1n) is 6.38. The van der Waals surface area contributed by atoms with Crippen LogP contribution in [0.3, 0.4) is 0 Å². The molecule has 0 saturated carbocycles. The summed E-state index contributed by atoms with van der Waals surface area (Å²) in [6.07, 6.45) is 3.41. The van der Waals surface area contributed by atoms with Crippen molar-refractivity contribution in [3.05, 3.63) is 34.9 Å². The zero-order valence-electron chi connectivity index (χ0n) is 11.7. The second-order valence-corrected chi connectivity index (χ2v) is 6.15. The van der Waals surface area contributed by atoms with Crippen LogP contribution < -0.4 is 5.32 Å². The highest BCUT2D eigenvalue weighted by Crippen LogP contribution is 2.18. The second-order valence-electron chi connectivity index (χ2n) is 4.87. The third-order valence-electron chi connectivity index (χ3n) is 3.30. The monoisotopic (exact) mass is 251 g/mol. The first-order valence-corrected chi connectivity index (χ1v) is 7.66. The van der Waals surface area contributed by atoms with Gasteiger partial charge in [0.1, 0.15) is 0 Å². The predicted octanol–water partition coefficient (Wildman–Crippen LogP) is 4.10. The van der Waals surface area contributed by atoms with Crippen molar-refractivity contribution in [1.82, 2.24) is 5.32 Å². The lowest BCUT2D eigenvalue weighted by Gasteiger charge is -2.18. The lowest BCUT2D eigenvalue weighted by molar-refractivity contribution is 0.556. The zero-order chi connectivity index (χ0) is 12.8. The molecule has 2 unspecified atom stereocenters. The summed E-state index contributed by atoms with van der Waals surface area (Å²) >= 11 is 1.94. The summed E-state index contributed by atoms with van der Waals surface area (Å²) in [5.74, 6) is 0. The molecule has 0 aliphatic heterocycles. The SMILES string of the molecule is CSC(C)CCNC(C)c1ccc(C)cc1C. The van der Waals surface area contributed by atoms with Gasteiger partial charge in [0.25, 0.3) is 0 Å². The largest absolute Gasteiger partial charge is 0.310 e. The van der Waals surface area contributed by atoms with E-state index in [2.05, 4.69) is 57.5 Å². The molecule has 0 aliphatic rings. The van der Waals surface area contributed by atoms with Gasteiger partial charge in [0, 0.05) is 11.3 Å². The van der Waals surface area contributed by atoms with Crippen molar-refractivity contribution in [3.8, 4) is 0 Å². The summed E-state index contributed by atoms with van der Waals surface area (Å²) in [5.41, 5.74) is 4.16. The summed E-state index contributed by atoms with van der Waals surface area (Å²) in [5, 5.41) is 4.36. The molecular weight excluding hydrogens is 226 g/mol. The smallest absolute Gasteiger partial charge is 0.0294 e. The molecular formula is C15H25NS. The van der Waals surface area contributed by atoms with Gasteiger partial charge in [-0.25, -0.2) is 0 Å². The highest BCUT2D eigenvalue weighted by atomic mass is 32.2. The van der Waals surface area contributed by atoms with E-state index in [9.17, 15) is 0 Å². The maximum atomic E-state index is 3.61. The molecule has 1 aromatic rings. The Hall–Kier alpha value is -0.470. The number of thioether (sulfide) groups is 1. The van der Waals surface area contributed by atoms with Gasteiger partial charge in [-0.2, -0.15) is 11.8 Å². The van der Waals surface area contributed by atoms with Gasteiger partial charge in [-0.05, 0) is 51.1 Å². The van der Waals surface area contributed by atoms with Crippen molar-refractivity contribution >= 4 is 11.8 Å². The molecule has 1 rings (SSSR count). The van der Waals surface area contributed by atoms with Gasteiger partial charge in [0.15, 0.2) is 0 Å². The first kappa shape index (κ1) is 14.6. The van der Waals surface area contributed by atoms with Crippen LogP contribution in [0.4, 0.5) is 0 Å². The summed E-state index contributed by atoms with van der Waals surface area (Å²) in [4.78, 5) is 0. The van der Waals surface area contributed by atoms with Crippen LogP contribution in [0.2, 0.25) is 0 Å². The van der Waals surface area contributed by atoms with Gasteiger partial charge in [0.2, 0.25) is 0 Å². The average molecular weight is 251 g/mol. The summed E-state index contributed by atoms with van der Waals surface area (Å²) in [6.45, 7) is 9.98. The molecule has 2 atom stereocenters. The topological polar surface area (TPSA) is 12.0 Å². The number of hydrogen-bond acceptors (Lipinski definition) is 2. The van der Waals surface area contributed by atoms with Crippen molar-refractivity contribution < 1.29 is 0 Å². The molecule has 17 heavy (non-hydrogen) atoms. The van der Waals surface area contributed by atoms with E-state index < -0.39 is 0 Å². The minimum atomic E-state index is 0.449. The number of rotatable bonds is 6. The van der Waals surface area contributed by atoms with E-state index in [-0.39, 0.29) is 0 Å². The molecule has 0 aromatic heterocycles. The van der Waals surface area contributed by atoms with Gasteiger partial charge in [-0.3, -0.25) is 0 Å². The van der Waals surface area contributed by atoms with Crippen LogP contribution in [0.15, 0.2) is 18.2 Å². The van der Waals surface area contributed by atoms with Crippen LogP contribution in [-0.4, -0.2) is 18.1 Å². The van der Waals surface area contributed by atoms with E-state index >= 15 is 0 Å². The molecule has 0 amide bonds. The molecule has 0 radical (unpaired) electrons. The molecule has 0 spiro atoms. The van der Waals surface area contributed by atoms with Crippen LogP contribution in [0.5, 0.6) is 0 Å². The van der Waals surface area contributed by atoms with Crippen LogP contribution in [0.1, 0.15) is 43.0 Å². The Balaban J connectivity index is 2.49. The van der Waals surface area contributed by atoms with E-state index in [1.807, 2.05) is 11.8 Å². The quantitative estimate of drug-likeness (QED) is 0.817. The molecule has 2 heteroatoms. The molecule has 0 fully saturated rings. The Labute approximate surface area is 110 Å². The van der Waals surface area contributed by atoms with E-state index in [1.165, 1.54) is 23.1 Å². The van der Waals surface area contributed by atoms with Crippen molar-refractivity contribution in [2.75, 3.05) is 12.8 Å². The van der Waals surface area contributed by atoms with Crippen molar-refractivity contribution in [2.24, 2.45) is 0 Å². The maximum Gasteiger partial charge on any atom is 0.0294 e. The Morgan fingerprint density at radius 3 is 2.53 bits per heavy atom. The molecule has 96 valence electrons. The maximum absolute atomic E-state index is 3.61. The molecule has 0 aliphatic carbocycles. The van der Waals surface area contributed by atoms with Crippen LogP contribution in [-0.2, 0) is 0 Å². The van der Waals surface area contributed by atoms with Gasteiger partial charge < -0.3 is 5.32 Å². The molecule has 1 N–H and O–H groups in total. The minimum absolute atomic E-state index is 0.449. The Morgan fingerprint density at radius 2 is 1.94 bits per heavy atom. The number of aryl methyl sites for hydroxylation is 2. The number of benzene rings is 1. The Bertz CT molecular complexity index is 349. The van der Waals surface area contributed by atoms with E-state index in [1.54, 1.807) is 0 Å². The highest BCUT2D eigenvalue weighted by molar-refractivity contribution is 7.99. The lowest BCUT2D eigenvalue weighted by atomic mass is 10.0. The predicted molar refractivity (Wildman–Crippen MR) is 79.9 cm³/mol. The fourth-order valence-electron chi connectivity index (χ4n) is 2.04. The average Bonchev–Trinajstić information content (AvgIpc) is 2.28. The summed E-state index contributed by atoms with van der Waals surface area (Å²) < 4.78 is 0. The number of nitrogens with one attached hydrogen (secondary N) is 1. The van der Waals surface area contributed by atoms with Crippen molar-refractivity contribution in [2.45, 2.75) is 45.4 Å². The molecule has 0 saturated heterocycles. The van der Waals surface area contributed by atoms with Gasteiger partial charge in [-0.1, -0.05) is 30.7 Å². The van der Waals surface area contributed by atoms with Crippen LogP contribution in [0, 0.1) is 13.8 Å². The van der Waals surface area contributed by atoms with Gasteiger partial charge in [-0.15, -0.1) is 0 Å². The summed E-state index contributed by atoms with van der Waals surface area (Å²) in [6, 6.07) is 7.16. The van der Waals surface area contributed by atoms with E-state index in [0.717, 1.165) is 11.8 Å². The third-order valence-corrected chi connectivity index (χ3v) is 4.34. The second kappa shape index (κ2) is 7.07. The fourth-order valence-corrected chi connectivity index (χ4v) is 2.40. The molecule has 0 bridgehead atoms. The molecule has 1 nitrogen and oxygen atoms in total. The Kier molecular flexibility index (Phi) is 6.07. The number of hydrogen-bond donors (Lipinski definition) is 1. The van der Waals surface area contributed by atoms with Gasteiger partial charge >= 0.3 is 0 Å². The normalized spacial score (nSPS) is 14.6. The Morgan fingerprint density at radius 1 is 1.24 bits per heavy atom. The lowest BCUT2D eigenvalue weighted by Crippen LogP contribution is -2.22. The molecule has 0 heterocycles. The van der Waals surface area contributed by atoms with E-state index in [4.69, 9.17) is 0 Å². The van der Waals surface area contributed by atoms with Gasteiger partial charge in [0.05, 0.1) is 0 Å². The zero-order valence-corrected chi connectivity index (χ0v) is 12.5. The van der Waals surface area contributed by atoms with Crippen LogP contribution >= 0.6 is 11.8 Å². The fraction of sp³-hybridized carbons (Fsp3) is 0.600. The first-order chi connectivity index (χ1) is 8.04. The third kappa shape index (κ3) is 4.72. The van der Waals surface area contributed by atoms with Crippen molar-refractivity contribution in [3.63, 3.8) is 0 Å². The minimum Gasteiger partial charge on any atom is -0.310 e. The van der Waals surface area contributed by atoms with Crippen LogP contribution in [0.25, 0.3) is 0 Å². The summed E-state index contributed by atoms with van der Waals surface area (Å²) in [7, 11) is 0. The molecule has 1 aromatic carbocycles. The van der Waals surface area contributed by atoms with E-state index in [0.29, 0.717) is 6.04 Å². The van der Waals surface area contributed by atoms with Crippen molar-refractivity contribution in [1.29, 1.82) is 0 Å². The standard InChI is InChI=1S/C15H25NS/c1-11-6-7-15(12(2)10-11)14(4)16-9-8-13(3)17-5/h6-7,10,13-14,16H,8-9H2,1-5H3.